The molecule has 1 amide bonds. The van der Waals surface area contributed by atoms with Crippen LogP contribution in [0.5, 0.6) is 0 Å². The molecule has 0 saturated heterocycles. The number of nitrogens with one attached hydrogen (secondary N) is 1. The summed E-state index contributed by atoms with van der Waals surface area (Å²) in [6.45, 7) is 1.36. The van der Waals surface area contributed by atoms with E-state index < -0.39 is 24.5 Å². The van der Waals surface area contributed by atoms with Gasteiger partial charge in [0.05, 0.1) is 24.3 Å². The van der Waals surface area contributed by atoms with Crippen molar-refractivity contribution in [3.63, 3.8) is 0 Å². The molecule has 2 aromatic carbocycles. The molecule has 2 rings (SSSR count). The SMILES string of the molecule is COC(=O)c1ccc(C(=O)OCC(=O)N[C@H](C)c2ccccc2Cl)cc1. The monoisotopic (exact) mass is 375 g/mol. The molecule has 0 heterocycles. The summed E-state index contributed by atoms with van der Waals surface area (Å²) in [7, 11) is 1.27. The van der Waals surface area contributed by atoms with Crippen molar-refractivity contribution in [2.24, 2.45) is 0 Å². The van der Waals surface area contributed by atoms with E-state index in [9.17, 15) is 14.4 Å². The maximum atomic E-state index is 12.0. The molecular weight excluding hydrogens is 358 g/mol. The van der Waals surface area contributed by atoms with Crippen molar-refractivity contribution in [2.75, 3.05) is 13.7 Å². The van der Waals surface area contributed by atoms with E-state index in [4.69, 9.17) is 16.3 Å². The first-order valence-electron chi connectivity index (χ1n) is 7.81. The molecule has 0 fully saturated rings. The lowest BCUT2D eigenvalue weighted by atomic mass is 10.1. The molecular formula is C19H18ClNO5. The van der Waals surface area contributed by atoms with Crippen molar-refractivity contribution in [1.82, 2.24) is 5.32 Å². The van der Waals surface area contributed by atoms with E-state index in [0.717, 1.165) is 5.56 Å². The number of halogens is 1. The third kappa shape index (κ3) is 5.07. The zero-order valence-electron chi connectivity index (χ0n) is 14.3. The van der Waals surface area contributed by atoms with Crippen LogP contribution in [0.25, 0.3) is 0 Å². The molecule has 0 aliphatic rings. The lowest BCUT2D eigenvalue weighted by Crippen LogP contribution is -2.31. The van der Waals surface area contributed by atoms with Crippen LogP contribution in [0.4, 0.5) is 0 Å². The third-order valence-electron chi connectivity index (χ3n) is 3.63. The number of rotatable bonds is 6. The zero-order valence-corrected chi connectivity index (χ0v) is 15.1. The van der Waals surface area contributed by atoms with Gasteiger partial charge < -0.3 is 14.8 Å². The molecule has 0 spiro atoms. The topological polar surface area (TPSA) is 81.7 Å². The Bertz CT molecular complexity index is 804. The lowest BCUT2D eigenvalue weighted by Gasteiger charge is -2.15. The number of hydrogen-bond acceptors (Lipinski definition) is 5. The molecule has 7 heteroatoms. The van der Waals surface area contributed by atoms with Gasteiger partial charge in [0.15, 0.2) is 6.61 Å². The second-order valence-corrected chi connectivity index (χ2v) is 5.86. The van der Waals surface area contributed by atoms with Gasteiger partial charge in [0.1, 0.15) is 0 Å². The Morgan fingerprint density at radius 3 is 2.15 bits per heavy atom. The summed E-state index contributed by atoms with van der Waals surface area (Å²) in [4.78, 5) is 35.3. The summed E-state index contributed by atoms with van der Waals surface area (Å²) in [5.41, 5.74) is 1.31. The normalized spacial score (nSPS) is 11.3. The predicted octanol–water partition coefficient (Wildman–Crippen LogP) is 3.16. The number of methoxy groups -OCH3 is 1. The van der Waals surface area contributed by atoms with Gasteiger partial charge in [-0.15, -0.1) is 0 Å². The van der Waals surface area contributed by atoms with Crippen LogP contribution in [-0.2, 0) is 14.3 Å². The average molecular weight is 376 g/mol. The van der Waals surface area contributed by atoms with Crippen molar-refractivity contribution in [1.29, 1.82) is 0 Å². The summed E-state index contributed by atoms with van der Waals surface area (Å²) in [6.07, 6.45) is 0. The molecule has 0 aliphatic heterocycles. The molecule has 0 aromatic heterocycles. The van der Waals surface area contributed by atoms with E-state index in [2.05, 4.69) is 10.1 Å². The molecule has 26 heavy (non-hydrogen) atoms. The predicted molar refractivity (Wildman–Crippen MR) is 96.1 cm³/mol. The number of hydrogen-bond donors (Lipinski definition) is 1. The first-order valence-corrected chi connectivity index (χ1v) is 8.19. The molecule has 0 bridgehead atoms. The Labute approximate surface area is 156 Å². The van der Waals surface area contributed by atoms with Gasteiger partial charge in [0, 0.05) is 5.02 Å². The molecule has 0 unspecified atom stereocenters. The number of esters is 2. The summed E-state index contributed by atoms with van der Waals surface area (Å²) < 4.78 is 9.56. The van der Waals surface area contributed by atoms with Crippen LogP contribution in [0.3, 0.4) is 0 Å². The highest BCUT2D eigenvalue weighted by Gasteiger charge is 2.15. The summed E-state index contributed by atoms with van der Waals surface area (Å²) >= 11 is 6.09. The van der Waals surface area contributed by atoms with Crippen LogP contribution < -0.4 is 5.32 Å². The Morgan fingerprint density at radius 2 is 1.58 bits per heavy atom. The number of ether oxygens (including phenoxy) is 2. The fraction of sp³-hybridized carbons (Fsp3) is 0.211. The van der Waals surface area contributed by atoms with Crippen molar-refractivity contribution in [3.8, 4) is 0 Å². The Morgan fingerprint density at radius 1 is 1.00 bits per heavy atom. The van der Waals surface area contributed by atoms with Gasteiger partial charge in [-0.1, -0.05) is 29.8 Å². The molecule has 2 aromatic rings. The zero-order chi connectivity index (χ0) is 19.1. The number of carbonyl (C=O) groups excluding carboxylic acids is 3. The lowest BCUT2D eigenvalue weighted by molar-refractivity contribution is -0.124. The minimum absolute atomic E-state index is 0.226. The Hall–Kier alpha value is -2.86. The molecule has 0 saturated carbocycles. The van der Waals surface area contributed by atoms with Gasteiger partial charge in [-0.05, 0) is 42.8 Å². The van der Waals surface area contributed by atoms with Gasteiger partial charge in [-0.3, -0.25) is 4.79 Å². The van der Waals surface area contributed by atoms with E-state index in [-0.39, 0.29) is 11.6 Å². The molecule has 0 aliphatic carbocycles. The first-order chi connectivity index (χ1) is 12.4. The van der Waals surface area contributed by atoms with E-state index in [0.29, 0.717) is 10.6 Å². The van der Waals surface area contributed by atoms with Crippen LogP contribution >= 0.6 is 11.6 Å². The Kier molecular flexibility index (Phi) is 6.74. The quantitative estimate of drug-likeness (QED) is 0.784. The van der Waals surface area contributed by atoms with E-state index in [1.54, 1.807) is 19.1 Å². The van der Waals surface area contributed by atoms with E-state index in [1.165, 1.54) is 31.4 Å². The number of carbonyl (C=O) groups is 3. The molecule has 136 valence electrons. The van der Waals surface area contributed by atoms with Crippen molar-refractivity contribution in [3.05, 3.63) is 70.2 Å². The Balaban J connectivity index is 1.87. The molecule has 6 nitrogen and oxygen atoms in total. The molecule has 1 atom stereocenters. The minimum atomic E-state index is -0.665. The first kappa shape index (κ1) is 19.5. The summed E-state index contributed by atoms with van der Waals surface area (Å²) in [5, 5.41) is 3.26. The third-order valence-corrected chi connectivity index (χ3v) is 3.97. The van der Waals surface area contributed by atoms with Gasteiger partial charge in [0.25, 0.3) is 5.91 Å². The second-order valence-electron chi connectivity index (χ2n) is 5.46. The number of amides is 1. The van der Waals surface area contributed by atoms with E-state index >= 15 is 0 Å². The van der Waals surface area contributed by atoms with E-state index in [1.807, 2.05) is 12.1 Å². The largest absolute Gasteiger partial charge is 0.465 e. The van der Waals surface area contributed by atoms with Gasteiger partial charge in [0.2, 0.25) is 0 Å². The highest BCUT2D eigenvalue weighted by Crippen LogP contribution is 2.21. The highest BCUT2D eigenvalue weighted by atomic mass is 35.5. The maximum Gasteiger partial charge on any atom is 0.338 e. The maximum absolute atomic E-state index is 12.0. The second kappa shape index (κ2) is 9.01. The van der Waals surface area contributed by atoms with Gasteiger partial charge >= 0.3 is 11.9 Å². The van der Waals surface area contributed by atoms with Gasteiger partial charge in [-0.2, -0.15) is 0 Å². The average Bonchev–Trinajstić information content (AvgIpc) is 2.65. The van der Waals surface area contributed by atoms with Gasteiger partial charge in [-0.25, -0.2) is 9.59 Å². The van der Waals surface area contributed by atoms with Crippen molar-refractivity contribution >= 4 is 29.4 Å². The molecule has 1 N–H and O–H groups in total. The fourth-order valence-corrected chi connectivity index (χ4v) is 2.56. The standard InChI is InChI=1S/C19H18ClNO5/c1-12(15-5-3-4-6-16(15)20)21-17(22)11-26-19(24)14-9-7-13(8-10-14)18(23)25-2/h3-10,12H,11H2,1-2H3,(H,21,22)/t12-/m1/s1. The summed E-state index contributed by atoms with van der Waals surface area (Å²) in [5.74, 6) is -1.61. The van der Waals surface area contributed by atoms with Crippen LogP contribution in [0.2, 0.25) is 5.02 Å². The molecule has 0 radical (unpaired) electrons. The van der Waals surface area contributed by atoms with Crippen LogP contribution in [0.15, 0.2) is 48.5 Å². The smallest absolute Gasteiger partial charge is 0.338 e. The highest BCUT2D eigenvalue weighted by molar-refractivity contribution is 6.31. The fourth-order valence-electron chi connectivity index (χ4n) is 2.26. The number of benzene rings is 2. The minimum Gasteiger partial charge on any atom is -0.465 e. The van der Waals surface area contributed by atoms with Crippen molar-refractivity contribution < 1.29 is 23.9 Å². The van der Waals surface area contributed by atoms with Crippen LogP contribution in [0.1, 0.15) is 39.2 Å². The van der Waals surface area contributed by atoms with Crippen LogP contribution in [-0.4, -0.2) is 31.6 Å². The van der Waals surface area contributed by atoms with Crippen LogP contribution in [0, 0.1) is 0 Å². The summed E-state index contributed by atoms with van der Waals surface area (Å²) in [6, 6.07) is 12.6. The van der Waals surface area contributed by atoms with Crippen molar-refractivity contribution in [2.45, 2.75) is 13.0 Å².